The second-order valence-corrected chi connectivity index (χ2v) is 6.89. The molecule has 104 valence electrons. The standard InChI is InChI=1S/C10H12N2O5S2/c11-19(16,17)8-4-6(5-18-8)9(13)12-3-1-2-7(12)10(14)15/h4-5,7H,1-3H2,(H,14,15)(H2,11,16,17)/t7-/m0/s1. The molecule has 1 atom stereocenters. The number of nitrogens with two attached hydrogens (primary N) is 1. The highest BCUT2D eigenvalue weighted by molar-refractivity contribution is 7.91. The lowest BCUT2D eigenvalue weighted by Crippen LogP contribution is -2.40. The summed E-state index contributed by atoms with van der Waals surface area (Å²) in [5, 5.41) is 15.3. The highest BCUT2D eigenvalue weighted by atomic mass is 32.2. The van der Waals surface area contributed by atoms with Crippen molar-refractivity contribution >= 4 is 33.2 Å². The van der Waals surface area contributed by atoms with Crippen LogP contribution in [-0.2, 0) is 14.8 Å². The predicted octanol–water partition coefficient (Wildman–Crippen LogP) is 0.0847. The largest absolute Gasteiger partial charge is 0.480 e. The van der Waals surface area contributed by atoms with Crippen LogP contribution in [0.5, 0.6) is 0 Å². The zero-order valence-corrected chi connectivity index (χ0v) is 11.4. The molecule has 9 heteroatoms. The van der Waals surface area contributed by atoms with E-state index in [2.05, 4.69) is 0 Å². The minimum absolute atomic E-state index is 0.109. The van der Waals surface area contributed by atoms with Crippen LogP contribution >= 0.6 is 11.3 Å². The highest BCUT2D eigenvalue weighted by Gasteiger charge is 2.34. The molecule has 0 radical (unpaired) electrons. The van der Waals surface area contributed by atoms with Gasteiger partial charge in [0, 0.05) is 11.9 Å². The maximum absolute atomic E-state index is 12.1. The number of hydrogen-bond acceptors (Lipinski definition) is 5. The number of likely N-dealkylation sites (tertiary alicyclic amines) is 1. The molecular formula is C10H12N2O5S2. The summed E-state index contributed by atoms with van der Waals surface area (Å²) in [6.07, 6.45) is 1.03. The molecule has 0 aliphatic carbocycles. The van der Waals surface area contributed by atoms with E-state index in [9.17, 15) is 18.0 Å². The Bertz CT molecular complexity index is 622. The van der Waals surface area contributed by atoms with Gasteiger partial charge in [0.25, 0.3) is 5.91 Å². The molecule has 0 unspecified atom stereocenters. The Kier molecular flexibility index (Phi) is 3.61. The van der Waals surface area contributed by atoms with Gasteiger partial charge in [0.15, 0.2) is 0 Å². The van der Waals surface area contributed by atoms with Gasteiger partial charge in [-0.15, -0.1) is 11.3 Å². The second-order valence-electron chi connectivity index (χ2n) is 4.19. The zero-order chi connectivity index (χ0) is 14.2. The molecule has 19 heavy (non-hydrogen) atoms. The van der Waals surface area contributed by atoms with E-state index in [0.717, 1.165) is 11.3 Å². The van der Waals surface area contributed by atoms with Crippen LogP contribution in [0.15, 0.2) is 15.7 Å². The number of carboxylic acid groups (broad SMARTS) is 1. The minimum Gasteiger partial charge on any atom is -0.480 e. The number of nitrogens with zero attached hydrogens (tertiary/aromatic N) is 1. The third-order valence-electron chi connectivity index (χ3n) is 2.90. The van der Waals surface area contributed by atoms with Gasteiger partial charge in [0.2, 0.25) is 10.0 Å². The highest BCUT2D eigenvalue weighted by Crippen LogP contribution is 2.24. The number of thiophene rings is 1. The molecule has 1 aliphatic heterocycles. The fraction of sp³-hybridized carbons (Fsp3) is 0.400. The van der Waals surface area contributed by atoms with Gasteiger partial charge < -0.3 is 10.0 Å². The second kappa shape index (κ2) is 4.91. The van der Waals surface area contributed by atoms with E-state index in [-0.39, 0.29) is 9.77 Å². The van der Waals surface area contributed by atoms with Crippen LogP contribution in [0.1, 0.15) is 23.2 Å². The quantitative estimate of drug-likeness (QED) is 0.820. The third kappa shape index (κ3) is 2.77. The lowest BCUT2D eigenvalue weighted by Gasteiger charge is -2.20. The average molecular weight is 304 g/mol. The molecule has 3 N–H and O–H groups in total. The van der Waals surface area contributed by atoms with Crippen molar-refractivity contribution in [3.05, 3.63) is 17.0 Å². The van der Waals surface area contributed by atoms with Crippen molar-refractivity contribution in [3.63, 3.8) is 0 Å². The number of rotatable bonds is 3. The van der Waals surface area contributed by atoms with E-state index in [1.807, 2.05) is 0 Å². The van der Waals surface area contributed by atoms with E-state index in [0.29, 0.717) is 19.4 Å². The van der Waals surface area contributed by atoms with Gasteiger partial charge in [-0.05, 0) is 18.9 Å². The first-order chi connectivity index (χ1) is 8.80. The van der Waals surface area contributed by atoms with Crippen LogP contribution in [0.4, 0.5) is 0 Å². The summed E-state index contributed by atoms with van der Waals surface area (Å²) in [5.41, 5.74) is 0.155. The first kappa shape index (κ1) is 14.0. The minimum atomic E-state index is -3.84. The molecule has 0 saturated carbocycles. The molecule has 0 spiro atoms. The maximum Gasteiger partial charge on any atom is 0.326 e. The fourth-order valence-electron chi connectivity index (χ4n) is 2.01. The Morgan fingerprint density at radius 3 is 2.68 bits per heavy atom. The summed E-state index contributed by atoms with van der Waals surface area (Å²) in [4.78, 5) is 24.4. The van der Waals surface area contributed by atoms with Crippen molar-refractivity contribution in [2.45, 2.75) is 23.1 Å². The van der Waals surface area contributed by atoms with E-state index < -0.39 is 27.9 Å². The molecule has 2 heterocycles. The predicted molar refractivity (Wildman–Crippen MR) is 67.4 cm³/mol. The average Bonchev–Trinajstić information content (AvgIpc) is 2.96. The molecule has 2 rings (SSSR count). The number of amides is 1. The summed E-state index contributed by atoms with van der Waals surface area (Å²) in [5.74, 6) is -1.52. The van der Waals surface area contributed by atoms with Gasteiger partial charge in [0.05, 0.1) is 5.56 Å². The van der Waals surface area contributed by atoms with Gasteiger partial charge in [-0.2, -0.15) is 0 Å². The topological polar surface area (TPSA) is 118 Å². The number of primary sulfonamides is 1. The molecule has 1 saturated heterocycles. The monoisotopic (exact) mass is 304 g/mol. The summed E-state index contributed by atoms with van der Waals surface area (Å²) in [6, 6.07) is 0.338. The number of sulfonamides is 1. The Balaban J connectivity index is 2.25. The molecule has 1 aliphatic rings. The van der Waals surface area contributed by atoms with Crippen LogP contribution in [0.3, 0.4) is 0 Å². The number of carboxylic acids is 1. The summed E-state index contributed by atoms with van der Waals surface area (Å²) in [6.45, 7) is 0.357. The molecule has 1 amide bonds. The van der Waals surface area contributed by atoms with E-state index in [1.165, 1.54) is 16.3 Å². The number of carbonyl (C=O) groups excluding carboxylic acids is 1. The van der Waals surface area contributed by atoms with Crippen LogP contribution in [0.25, 0.3) is 0 Å². The smallest absolute Gasteiger partial charge is 0.326 e. The normalized spacial score (nSPS) is 19.6. The Hall–Kier alpha value is -1.45. The SMILES string of the molecule is NS(=O)(=O)c1cc(C(=O)N2CCC[C@H]2C(=O)O)cs1. The maximum atomic E-state index is 12.1. The number of carbonyl (C=O) groups is 2. The van der Waals surface area contributed by atoms with E-state index in [4.69, 9.17) is 10.2 Å². The van der Waals surface area contributed by atoms with Gasteiger partial charge >= 0.3 is 5.97 Å². The summed E-state index contributed by atoms with van der Waals surface area (Å²) >= 11 is 0.845. The van der Waals surface area contributed by atoms with Crippen molar-refractivity contribution in [1.82, 2.24) is 4.90 Å². The Labute approximate surface area is 113 Å². The van der Waals surface area contributed by atoms with Crippen LogP contribution < -0.4 is 5.14 Å². The molecule has 0 bridgehead atoms. The van der Waals surface area contributed by atoms with Crippen molar-refractivity contribution in [3.8, 4) is 0 Å². The van der Waals surface area contributed by atoms with Gasteiger partial charge in [0.1, 0.15) is 10.3 Å². The van der Waals surface area contributed by atoms with Gasteiger partial charge in [-0.3, -0.25) is 4.79 Å². The third-order valence-corrected chi connectivity index (χ3v) is 5.29. The number of aliphatic carboxylic acids is 1. The molecule has 1 fully saturated rings. The summed E-state index contributed by atoms with van der Waals surface area (Å²) in [7, 11) is -3.84. The molecular weight excluding hydrogens is 292 g/mol. The van der Waals surface area contributed by atoms with Gasteiger partial charge in [-0.1, -0.05) is 0 Å². The molecule has 7 nitrogen and oxygen atoms in total. The Morgan fingerprint density at radius 2 is 2.16 bits per heavy atom. The van der Waals surface area contributed by atoms with E-state index in [1.54, 1.807) is 0 Å². The zero-order valence-electron chi connectivity index (χ0n) is 9.77. The molecule has 0 aromatic carbocycles. The van der Waals surface area contributed by atoms with Crippen molar-refractivity contribution < 1.29 is 23.1 Å². The van der Waals surface area contributed by atoms with Gasteiger partial charge in [-0.25, -0.2) is 18.4 Å². The lowest BCUT2D eigenvalue weighted by atomic mass is 10.2. The van der Waals surface area contributed by atoms with Crippen molar-refractivity contribution in [2.24, 2.45) is 5.14 Å². The summed E-state index contributed by atoms with van der Waals surface area (Å²) < 4.78 is 22.2. The molecule has 1 aromatic heterocycles. The van der Waals surface area contributed by atoms with E-state index >= 15 is 0 Å². The van der Waals surface area contributed by atoms with Crippen molar-refractivity contribution in [1.29, 1.82) is 0 Å². The van der Waals surface area contributed by atoms with Crippen molar-refractivity contribution in [2.75, 3.05) is 6.54 Å². The van der Waals surface area contributed by atoms with Crippen LogP contribution in [-0.4, -0.2) is 42.9 Å². The molecule has 1 aromatic rings. The fourth-order valence-corrected chi connectivity index (χ4v) is 3.59. The van der Waals surface area contributed by atoms with Crippen LogP contribution in [0.2, 0.25) is 0 Å². The van der Waals surface area contributed by atoms with Crippen LogP contribution in [0, 0.1) is 0 Å². The number of hydrogen-bond donors (Lipinski definition) is 2. The lowest BCUT2D eigenvalue weighted by molar-refractivity contribution is -0.141. The first-order valence-electron chi connectivity index (χ1n) is 5.46. The Morgan fingerprint density at radius 1 is 1.47 bits per heavy atom. The first-order valence-corrected chi connectivity index (χ1v) is 7.88.